The number of hydrogen-bond donors (Lipinski definition) is 1. The lowest BCUT2D eigenvalue weighted by atomic mass is 10.1. The summed E-state index contributed by atoms with van der Waals surface area (Å²) in [7, 11) is 0. The third kappa shape index (κ3) is 5.18. The van der Waals surface area contributed by atoms with Crippen molar-refractivity contribution in [2.45, 2.75) is 43.1 Å². The predicted molar refractivity (Wildman–Crippen MR) is 60.3 cm³/mol. The molecule has 0 aromatic rings. The average molecular weight is 275 g/mol. The van der Waals surface area contributed by atoms with Crippen molar-refractivity contribution >= 4 is 28.3 Å². The maximum absolute atomic E-state index is 12.9. The Hall–Kier alpha value is 0.660. The van der Waals surface area contributed by atoms with Crippen LogP contribution in [-0.4, -0.2) is 11.1 Å². The van der Waals surface area contributed by atoms with E-state index in [1.165, 1.54) is 12.8 Å². The first-order chi connectivity index (χ1) is 5.67. The minimum absolute atomic E-state index is 0. The Bertz CT molecular complexity index is 144. The monoisotopic (exact) mass is 273 g/mol. The first-order valence-electron chi connectivity index (χ1n) is 4.74. The molecule has 13 heavy (non-hydrogen) atoms. The minimum Gasteiger partial charge on any atom is -0.330 e. The minimum atomic E-state index is -0.999. The Morgan fingerprint density at radius 3 is 2.31 bits per heavy atom. The molecule has 0 aromatic heterocycles. The van der Waals surface area contributed by atoms with Crippen LogP contribution in [0, 0.1) is 5.92 Å². The second-order valence-corrected chi connectivity index (χ2v) is 4.97. The molecule has 0 spiro atoms. The van der Waals surface area contributed by atoms with E-state index >= 15 is 0 Å². The highest BCUT2D eigenvalue weighted by atomic mass is 79.9. The van der Waals surface area contributed by atoms with Gasteiger partial charge in [-0.15, -0.1) is 12.4 Å². The maximum atomic E-state index is 12.9. The predicted octanol–water partition coefficient (Wildman–Crippen LogP) is 3.40. The number of halogens is 3. The van der Waals surface area contributed by atoms with E-state index in [0.717, 1.165) is 25.8 Å². The van der Waals surface area contributed by atoms with Crippen molar-refractivity contribution in [1.82, 2.24) is 0 Å². The van der Waals surface area contributed by atoms with Crippen molar-refractivity contribution in [3.8, 4) is 0 Å². The number of alkyl halides is 2. The Morgan fingerprint density at radius 1 is 1.31 bits per heavy atom. The molecular formula is C9H18BrClFN. The van der Waals surface area contributed by atoms with Gasteiger partial charge in [0, 0.05) is 5.92 Å². The van der Waals surface area contributed by atoms with Gasteiger partial charge < -0.3 is 5.73 Å². The van der Waals surface area contributed by atoms with Gasteiger partial charge in [0.1, 0.15) is 0 Å². The summed E-state index contributed by atoms with van der Waals surface area (Å²) in [4.78, 5) is 0. The summed E-state index contributed by atoms with van der Waals surface area (Å²) in [5.74, 6) is 0.287. The van der Waals surface area contributed by atoms with Crippen molar-refractivity contribution < 1.29 is 4.39 Å². The van der Waals surface area contributed by atoms with Crippen LogP contribution in [0.15, 0.2) is 0 Å². The highest BCUT2D eigenvalue weighted by molar-refractivity contribution is 9.10. The van der Waals surface area contributed by atoms with E-state index in [-0.39, 0.29) is 18.3 Å². The topological polar surface area (TPSA) is 26.0 Å². The van der Waals surface area contributed by atoms with Crippen molar-refractivity contribution in [2.75, 3.05) is 6.54 Å². The molecule has 2 N–H and O–H groups in total. The smallest absolute Gasteiger partial charge is 0.168 e. The Morgan fingerprint density at radius 2 is 1.85 bits per heavy atom. The van der Waals surface area contributed by atoms with E-state index in [4.69, 9.17) is 5.73 Å². The van der Waals surface area contributed by atoms with Gasteiger partial charge in [-0.2, -0.15) is 0 Å². The number of unbranched alkanes of at least 4 members (excludes halogenated alkanes) is 3. The molecule has 1 aliphatic carbocycles. The summed E-state index contributed by atoms with van der Waals surface area (Å²) in [5.41, 5.74) is 5.36. The molecule has 0 heterocycles. The van der Waals surface area contributed by atoms with Crippen LogP contribution in [0.1, 0.15) is 38.5 Å². The summed E-state index contributed by atoms with van der Waals surface area (Å²) in [6.07, 6.45) is 6.42. The lowest BCUT2D eigenvalue weighted by Crippen LogP contribution is -1.97. The van der Waals surface area contributed by atoms with Gasteiger partial charge in [0.15, 0.2) is 4.58 Å². The normalized spacial score (nSPS) is 31.2. The van der Waals surface area contributed by atoms with Gasteiger partial charge in [-0.1, -0.05) is 19.3 Å². The first-order valence-corrected chi connectivity index (χ1v) is 5.54. The fourth-order valence-corrected chi connectivity index (χ4v) is 2.09. The second kappa shape index (κ2) is 6.20. The molecule has 0 aromatic carbocycles. The zero-order valence-corrected chi connectivity index (χ0v) is 10.2. The van der Waals surface area contributed by atoms with Gasteiger partial charge in [-0.05, 0) is 41.7 Å². The van der Waals surface area contributed by atoms with E-state index in [0.29, 0.717) is 6.42 Å². The standard InChI is InChI=1S/C9H17BrFN.ClH/c10-9(11)7-8(9)5-3-1-2-4-6-12;/h8H,1-7,12H2;1H. The van der Waals surface area contributed by atoms with Crippen molar-refractivity contribution in [2.24, 2.45) is 11.7 Å². The quantitative estimate of drug-likeness (QED) is 0.583. The van der Waals surface area contributed by atoms with E-state index in [1.807, 2.05) is 0 Å². The summed E-state index contributed by atoms with van der Waals surface area (Å²) >= 11 is 3.05. The Labute approximate surface area is 94.2 Å². The van der Waals surface area contributed by atoms with Crippen LogP contribution in [0.25, 0.3) is 0 Å². The van der Waals surface area contributed by atoms with Crippen LogP contribution in [0.5, 0.6) is 0 Å². The first kappa shape index (κ1) is 13.7. The van der Waals surface area contributed by atoms with Crippen LogP contribution in [0.2, 0.25) is 0 Å². The molecule has 1 nitrogen and oxygen atoms in total. The molecule has 0 amide bonds. The molecule has 1 aliphatic rings. The van der Waals surface area contributed by atoms with Crippen LogP contribution in [-0.2, 0) is 0 Å². The summed E-state index contributed by atoms with van der Waals surface area (Å²) < 4.78 is 11.9. The molecule has 0 bridgehead atoms. The van der Waals surface area contributed by atoms with Crippen LogP contribution in [0.4, 0.5) is 4.39 Å². The zero-order chi connectivity index (χ0) is 9.03. The maximum Gasteiger partial charge on any atom is 0.168 e. The molecule has 1 saturated carbocycles. The van der Waals surface area contributed by atoms with Gasteiger partial charge in [-0.3, -0.25) is 0 Å². The van der Waals surface area contributed by atoms with Crippen molar-refractivity contribution in [3.05, 3.63) is 0 Å². The highest BCUT2D eigenvalue weighted by Crippen LogP contribution is 2.54. The van der Waals surface area contributed by atoms with Gasteiger partial charge in [-0.25, -0.2) is 4.39 Å². The lowest BCUT2D eigenvalue weighted by molar-refractivity contribution is 0.400. The van der Waals surface area contributed by atoms with Gasteiger partial charge in [0.2, 0.25) is 0 Å². The molecule has 80 valence electrons. The Kier molecular flexibility index (Phi) is 6.52. The summed E-state index contributed by atoms with van der Waals surface area (Å²) in [5, 5.41) is 0. The summed E-state index contributed by atoms with van der Waals surface area (Å²) in [6, 6.07) is 0. The number of hydrogen-bond acceptors (Lipinski definition) is 1. The number of rotatable bonds is 6. The van der Waals surface area contributed by atoms with Gasteiger partial charge in [0.05, 0.1) is 0 Å². The Balaban J connectivity index is 0.00000144. The van der Waals surface area contributed by atoms with Gasteiger partial charge in [0.25, 0.3) is 0 Å². The lowest BCUT2D eigenvalue weighted by Gasteiger charge is -1.99. The number of nitrogens with two attached hydrogens (primary N) is 1. The third-order valence-corrected chi connectivity index (χ3v) is 3.43. The van der Waals surface area contributed by atoms with Gasteiger partial charge >= 0.3 is 0 Å². The third-order valence-electron chi connectivity index (χ3n) is 2.46. The SMILES string of the molecule is Cl.NCCCCCCC1CC1(F)Br. The zero-order valence-electron chi connectivity index (χ0n) is 7.77. The van der Waals surface area contributed by atoms with E-state index in [9.17, 15) is 4.39 Å². The fourth-order valence-electron chi connectivity index (χ4n) is 1.47. The molecule has 2 atom stereocenters. The molecular weight excluding hydrogens is 256 g/mol. The van der Waals surface area contributed by atoms with Crippen LogP contribution < -0.4 is 5.73 Å². The largest absolute Gasteiger partial charge is 0.330 e. The molecule has 4 heteroatoms. The van der Waals surface area contributed by atoms with E-state index in [2.05, 4.69) is 15.9 Å². The molecule has 2 unspecified atom stereocenters. The second-order valence-electron chi connectivity index (χ2n) is 3.65. The molecule has 0 aliphatic heterocycles. The fraction of sp³-hybridized carbons (Fsp3) is 1.00. The molecule has 1 rings (SSSR count). The van der Waals surface area contributed by atoms with E-state index < -0.39 is 4.58 Å². The molecule has 1 fully saturated rings. The van der Waals surface area contributed by atoms with E-state index in [1.54, 1.807) is 0 Å². The van der Waals surface area contributed by atoms with Crippen molar-refractivity contribution in [3.63, 3.8) is 0 Å². The van der Waals surface area contributed by atoms with Crippen LogP contribution in [0.3, 0.4) is 0 Å². The summed E-state index contributed by atoms with van der Waals surface area (Å²) in [6.45, 7) is 0.787. The van der Waals surface area contributed by atoms with Crippen LogP contribution >= 0.6 is 28.3 Å². The van der Waals surface area contributed by atoms with Crippen molar-refractivity contribution in [1.29, 1.82) is 0 Å². The molecule has 0 saturated heterocycles. The molecule has 0 radical (unpaired) electrons. The average Bonchev–Trinajstić information content (AvgIpc) is 2.59. The highest BCUT2D eigenvalue weighted by Gasteiger charge is 2.52.